The molecule has 1 aromatic rings. The second-order valence-corrected chi connectivity index (χ2v) is 2.06. The van der Waals surface area contributed by atoms with Gasteiger partial charge in [0, 0.05) is 0 Å². The lowest BCUT2D eigenvalue weighted by atomic mass is 10.2. The van der Waals surface area contributed by atoms with Crippen molar-refractivity contribution in [2.45, 2.75) is 0 Å². The van der Waals surface area contributed by atoms with Gasteiger partial charge in [0.15, 0.2) is 10.5 Å². The molecular formula is C7H4N2O3. The predicted molar refractivity (Wildman–Crippen MR) is 37.6 cm³/mol. The number of nitrogens with zero attached hydrogens (tertiary/aromatic N) is 2. The Hall–Kier alpha value is -2.09. The van der Waals surface area contributed by atoms with Gasteiger partial charge in [0.2, 0.25) is 5.39 Å². The second-order valence-electron chi connectivity index (χ2n) is 2.06. The number of aromatic carboxylic acids is 1. The number of carbonyl (C=O) groups is 1. The van der Waals surface area contributed by atoms with Crippen molar-refractivity contribution < 1.29 is 15.0 Å². The van der Waals surface area contributed by atoms with Gasteiger partial charge >= 0.3 is 11.7 Å². The lowest BCUT2D eigenvalue weighted by Gasteiger charge is -1.99. The van der Waals surface area contributed by atoms with Crippen molar-refractivity contribution in [3.05, 3.63) is 28.7 Å². The van der Waals surface area contributed by atoms with E-state index < -0.39 is 17.4 Å². The molecule has 0 spiro atoms. The Balaban J connectivity index is 3.40. The van der Waals surface area contributed by atoms with Crippen molar-refractivity contribution >= 4 is 11.7 Å². The van der Waals surface area contributed by atoms with Crippen LogP contribution in [0.2, 0.25) is 0 Å². The topological polar surface area (TPSA) is 88.5 Å². The SMILES string of the molecule is N#[N+]c1c([O-])cccc1C(=O)O. The molecule has 1 rings (SSSR count). The van der Waals surface area contributed by atoms with Crippen LogP contribution in [0.3, 0.4) is 0 Å². The second kappa shape index (κ2) is 2.88. The average Bonchev–Trinajstić information content (AvgIpc) is 2.03. The number of rotatable bonds is 1. The largest absolute Gasteiger partial charge is 0.867 e. The summed E-state index contributed by atoms with van der Waals surface area (Å²) in [6.07, 6.45) is 0. The number of diazo groups is 1. The Bertz CT molecular complexity index is 367. The molecule has 1 N–H and O–H groups in total. The smallest absolute Gasteiger partial charge is 0.391 e. The van der Waals surface area contributed by atoms with E-state index in [0.29, 0.717) is 0 Å². The molecule has 0 saturated heterocycles. The van der Waals surface area contributed by atoms with Crippen LogP contribution in [-0.4, -0.2) is 11.1 Å². The van der Waals surface area contributed by atoms with Crippen LogP contribution in [0.5, 0.6) is 5.75 Å². The maximum Gasteiger partial charge on any atom is 0.391 e. The summed E-state index contributed by atoms with van der Waals surface area (Å²) >= 11 is 0. The molecule has 5 nitrogen and oxygen atoms in total. The number of hydrogen-bond acceptors (Lipinski definition) is 3. The van der Waals surface area contributed by atoms with Gasteiger partial charge in [-0.1, -0.05) is 12.1 Å². The van der Waals surface area contributed by atoms with Gasteiger partial charge in [0.25, 0.3) is 0 Å². The number of hydrogen-bond donors (Lipinski definition) is 1. The summed E-state index contributed by atoms with van der Waals surface area (Å²) in [6.45, 7) is 0. The van der Waals surface area contributed by atoms with Crippen molar-refractivity contribution in [1.29, 1.82) is 5.39 Å². The zero-order valence-electron chi connectivity index (χ0n) is 5.89. The van der Waals surface area contributed by atoms with Crippen LogP contribution in [-0.2, 0) is 0 Å². The zero-order chi connectivity index (χ0) is 9.14. The van der Waals surface area contributed by atoms with E-state index in [1.165, 1.54) is 12.1 Å². The van der Waals surface area contributed by atoms with Gasteiger partial charge in [-0.05, 0) is 11.8 Å². The van der Waals surface area contributed by atoms with Gasteiger partial charge in [-0.25, -0.2) is 4.79 Å². The molecule has 0 amide bonds. The van der Waals surface area contributed by atoms with Crippen molar-refractivity contribution in [2.75, 3.05) is 0 Å². The lowest BCUT2D eigenvalue weighted by Crippen LogP contribution is -1.99. The monoisotopic (exact) mass is 164 g/mol. The van der Waals surface area contributed by atoms with E-state index in [1.807, 2.05) is 0 Å². The summed E-state index contributed by atoms with van der Waals surface area (Å²) in [7, 11) is 0. The Morgan fingerprint density at radius 3 is 2.67 bits per heavy atom. The van der Waals surface area contributed by atoms with Gasteiger partial charge in [-0.15, -0.1) is 0 Å². The maximum absolute atomic E-state index is 10.9. The highest BCUT2D eigenvalue weighted by Gasteiger charge is 2.19. The summed E-state index contributed by atoms with van der Waals surface area (Å²) in [5.74, 6) is -1.90. The van der Waals surface area contributed by atoms with Gasteiger partial charge in [-0.2, -0.15) is 0 Å². The lowest BCUT2D eigenvalue weighted by molar-refractivity contribution is -0.266. The Labute approximate surface area is 67.5 Å². The van der Waals surface area contributed by atoms with E-state index in [4.69, 9.17) is 10.5 Å². The fourth-order valence-corrected chi connectivity index (χ4v) is 0.798. The Kier molecular flexibility index (Phi) is 1.92. The fourth-order valence-electron chi connectivity index (χ4n) is 0.798. The van der Waals surface area contributed by atoms with Crippen molar-refractivity contribution in [2.24, 2.45) is 0 Å². The third-order valence-electron chi connectivity index (χ3n) is 1.33. The molecule has 0 saturated carbocycles. The third-order valence-corrected chi connectivity index (χ3v) is 1.33. The average molecular weight is 164 g/mol. The molecule has 1 aromatic carbocycles. The first-order valence-electron chi connectivity index (χ1n) is 3.05. The third kappa shape index (κ3) is 1.18. The van der Waals surface area contributed by atoms with Crippen molar-refractivity contribution in [3.63, 3.8) is 0 Å². The summed E-state index contributed by atoms with van der Waals surface area (Å²) in [4.78, 5) is 13.0. The minimum Gasteiger partial charge on any atom is -0.867 e. The van der Waals surface area contributed by atoms with Gasteiger partial charge in [-0.3, -0.25) is 0 Å². The molecule has 60 valence electrons. The van der Waals surface area contributed by atoms with Crippen LogP contribution in [0.15, 0.2) is 18.2 Å². The molecule has 0 atom stereocenters. The number of carboxylic acids is 1. The minimum absolute atomic E-state index is 0.301. The highest BCUT2D eigenvalue weighted by atomic mass is 16.4. The summed E-state index contributed by atoms with van der Waals surface area (Å²) in [6, 6.07) is 3.61. The quantitative estimate of drug-likeness (QED) is 0.625. The van der Waals surface area contributed by atoms with E-state index in [9.17, 15) is 9.90 Å². The molecule has 0 fully saturated rings. The highest BCUT2D eigenvalue weighted by molar-refractivity contribution is 5.95. The minimum atomic E-state index is -1.29. The maximum atomic E-state index is 10.9. The standard InChI is InChI=1S/C7H4N2O3/c8-9-6-4(7(11)12)2-1-3-5(6)10/h1-3H,(H-,10,11,12). The van der Waals surface area contributed by atoms with E-state index in [-0.39, 0.29) is 5.56 Å². The van der Waals surface area contributed by atoms with Crippen molar-refractivity contribution in [1.82, 2.24) is 0 Å². The van der Waals surface area contributed by atoms with Gasteiger partial charge in [0.1, 0.15) is 0 Å². The predicted octanol–water partition coefficient (Wildman–Crippen LogP) is 0.943. The molecule has 0 bridgehead atoms. The molecule has 0 radical (unpaired) electrons. The molecule has 0 aliphatic heterocycles. The van der Waals surface area contributed by atoms with Crippen LogP contribution >= 0.6 is 0 Å². The zero-order valence-corrected chi connectivity index (χ0v) is 5.89. The van der Waals surface area contributed by atoms with Crippen molar-refractivity contribution in [3.8, 4) is 5.75 Å². The number of carboxylic acid groups (broad SMARTS) is 1. The highest BCUT2D eigenvalue weighted by Crippen LogP contribution is 2.27. The van der Waals surface area contributed by atoms with Crippen LogP contribution in [0.25, 0.3) is 4.98 Å². The number of benzene rings is 1. The first kappa shape index (κ1) is 8.01. The molecule has 0 aliphatic rings. The van der Waals surface area contributed by atoms with Crippen LogP contribution < -0.4 is 5.11 Å². The first-order chi connectivity index (χ1) is 5.66. The molecule has 0 aliphatic carbocycles. The van der Waals surface area contributed by atoms with Gasteiger partial charge < -0.3 is 10.2 Å². The molecule has 0 heterocycles. The molecule has 5 heteroatoms. The molecule has 12 heavy (non-hydrogen) atoms. The normalized spacial score (nSPS) is 8.92. The van der Waals surface area contributed by atoms with Crippen LogP contribution in [0.4, 0.5) is 5.69 Å². The van der Waals surface area contributed by atoms with E-state index in [2.05, 4.69) is 4.98 Å². The fraction of sp³-hybridized carbons (Fsp3) is 0. The van der Waals surface area contributed by atoms with E-state index >= 15 is 0 Å². The Morgan fingerprint density at radius 1 is 1.58 bits per heavy atom. The van der Waals surface area contributed by atoms with Gasteiger partial charge in [0.05, 0.1) is 0 Å². The molecule has 0 aromatic heterocycles. The molecule has 0 unspecified atom stereocenters. The summed E-state index contributed by atoms with van der Waals surface area (Å²) in [5.41, 5.74) is -0.741. The van der Waals surface area contributed by atoms with Crippen LogP contribution in [0.1, 0.15) is 10.4 Å². The molecular weight excluding hydrogens is 160 g/mol. The Morgan fingerprint density at radius 2 is 2.25 bits per heavy atom. The summed E-state index contributed by atoms with van der Waals surface area (Å²) < 4.78 is 0. The van der Waals surface area contributed by atoms with E-state index in [1.54, 1.807) is 0 Å². The summed E-state index contributed by atoms with van der Waals surface area (Å²) in [5, 5.41) is 27.7. The van der Waals surface area contributed by atoms with E-state index in [0.717, 1.165) is 6.07 Å². The van der Waals surface area contributed by atoms with Crippen LogP contribution in [0, 0.1) is 5.39 Å². The first-order valence-corrected chi connectivity index (χ1v) is 3.05.